The molecule has 0 radical (unpaired) electrons. The Morgan fingerprint density at radius 3 is 2.37 bits per heavy atom. The molecule has 19 heavy (non-hydrogen) atoms. The molecule has 0 aliphatic carbocycles. The zero-order valence-corrected chi connectivity index (χ0v) is 13.6. The minimum absolute atomic E-state index is 0.446. The number of hydrogen-bond donors (Lipinski definition) is 0. The van der Waals surface area contributed by atoms with E-state index in [-0.39, 0.29) is 0 Å². The number of aliphatic imine (C=N–C) groups is 1. The van der Waals surface area contributed by atoms with Crippen molar-refractivity contribution >= 4 is 14.9 Å². The first kappa shape index (κ1) is 18.5. The highest BCUT2D eigenvalue weighted by atomic mass is 28.4. The highest BCUT2D eigenvalue weighted by Crippen LogP contribution is 2.17. The van der Waals surface area contributed by atoms with E-state index in [0.717, 1.165) is 25.2 Å². The highest BCUT2D eigenvalue weighted by Gasteiger charge is 2.38. The van der Waals surface area contributed by atoms with Crippen molar-refractivity contribution in [2.24, 2.45) is 10.9 Å². The molecule has 0 aliphatic heterocycles. The second-order valence-corrected chi connectivity index (χ2v) is 7.88. The Balaban J connectivity index is 3.97. The molecule has 0 bridgehead atoms. The van der Waals surface area contributed by atoms with Gasteiger partial charge in [0, 0.05) is 26.9 Å². The molecule has 5 nitrogen and oxygen atoms in total. The highest BCUT2D eigenvalue weighted by molar-refractivity contribution is 6.60. The zero-order chi connectivity index (χ0) is 14.6. The van der Waals surface area contributed by atoms with Gasteiger partial charge in [0.25, 0.3) is 0 Å². The lowest BCUT2D eigenvalue weighted by molar-refractivity contribution is 0.0957. The third-order valence-electron chi connectivity index (χ3n) is 2.94. The maximum absolute atomic E-state index is 9.99. The molecular weight excluding hydrogens is 262 g/mol. The maximum Gasteiger partial charge on any atom is 0.500 e. The van der Waals surface area contributed by atoms with Crippen molar-refractivity contribution < 1.29 is 18.1 Å². The molecule has 0 unspecified atom stereocenters. The smallest absolute Gasteiger partial charge is 0.377 e. The summed E-state index contributed by atoms with van der Waals surface area (Å²) in [6.07, 6.45) is 5.64. The molecule has 0 amide bonds. The van der Waals surface area contributed by atoms with Crippen LogP contribution in [-0.2, 0) is 18.1 Å². The lowest BCUT2D eigenvalue weighted by Crippen LogP contribution is -2.44. The Morgan fingerprint density at radius 2 is 1.84 bits per heavy atom. The van der Waals surface area contributed by atoms with E-state index in [1.54, 1.807) is 14.2 Å². The molecule has 0 aliphatic rings. The predicted molar refractivity (Wildman–Crippen MR) is 76.8 cm³/mol. The van der Waals surface area contributed by atoms with Gasteiger partial charge in [-0.3, -0.25) is 0 Å². The van der Waals surface area contributed by atoms with Crippen LogP contribution in [0.15, 0.2) is 4.99 Å². The van der Waals surface area contributed by atoms with Gasteiger partial charge in [-0.05, 0) is 18.8 Å². The molecule has 0 heterocycles. The zero-order valence-electron chi connectivity index (χ0n) is 12.6. The summed E-state index contributed by atoms with van der Waals surface area (Å²) in [5, 5.41) is 0. The van der Waals surface area contributed by atoms with Crippen molar-refractivity contribution in [3.8, 4) is 0 Å². The molecule has 0 saturated heterocycles. The summed E-state index contributed by atoms with van der Waals surface area (Å²) in [7, 11) is 0.675. The number of unbranched alkanes of at least 4 members (excludes halogenated alkanes) is 1. The second-order valence-electron chi connectivity index (χ2n) is 4.91. The van der Waals surface area contributed by atoms with Crippen LogP contribution in [0.5, 0.6) is 0 Å². The standard InChI is InChI=1S/C13H27NO4Si/c1-13(2)8-5-6-10-18-19(16-3,17-4)11-7-9-14-12-15/h13H,5-11H2,1-4H3. The molecule has 0 fully saturated rings. The van der Waals surface area contributed by atoms with Gasteiger partial charge in [-0.25, -0.2) is 9.79 Å². The van der Waals surface area contributed by atoms with Crippen LogP contribution >= 0.6 is 0 Å². The molecule has 0 aromatic heterocycles. The number of hydrogen-bond acceptors (Lipinski definition) is 5. The van der Waals surface area contributed by atoms with Crippen molar-refractivity contribution in [3.05, 3.63) is 0 Å². The Hall–Kier alpha value is -0.523. The average Bonchev–Trinajstić information content (AvgIpc) is 2.41. The summed E-state index contributed by atoms with van der Waals surface area (Å²) in [6.45, 7) is 5.55. The molecule has 0 atom stereocenters. The lowest BCUT2D eigenvalue weighted by Gasteiger charge is -2.26. The average molecular weight is 289 g/mol. The minimum Gasteiger partial charge on any atom is -0.377 e. The van der Waals surface area contributed by atoms with Crippen molar-refractivity contribution in [1.29, 1.82) is 0 Å². The summed E-state index contributed by atoms with van der Waals surface area (Å²) >= 11 is 0. The quantitative estimate of drug-likeness (QED) is 0.240. The third kappa shape index (κ3) is 9.08. The Kier molecular flexibility index (Phi) is 11.0. The summed E-state index contributed by atoms with van der Waals surface area (Å²) in [6, 6.07) is 0.676. The van der Waals surface area contributed by atoms with E-state index in [9.17, 15) is 4.79 Å². The van der Waals surface area contributed by atoms with Crippen LogP contribution in [0.2, 0.25) is 6.04 Å². The Morgan fingerprint density at radius 1 is 1.16 bits per heavy atom. The molecular formula is C13H27NO4Si. The van der Waals surface area contributed by atoms with Gasteiger partial charge < -0.3 is 13.3 Å². The molecule has 6 heteroatoms. The van der Waals surface area contributed by atoms with E-state index in [1.807, 2.05) is 0 Å². The minimum atomic E-state index is -2.56. The van der Waals surface area contributed by atoms with Crippen LogP contribution in [0.1, 0.15) is 39.5 Å². The van der Waals surface area contributed by atoms with E-state index in [4.69, 9.17) is 13.3 Å². The maximum atomic E-state index is 9.99. The van der Waals surface area contributed by atoms with Gasteiger partial charge in [0.15, 0.2) is 0 Å². The second kappa shape index (κ2) is 11.3. The largest absolute Gasteiger partial charge is 0.500 e. The van der Waals surface area contributed by atoms with Crippen LogP contribution in [-0.4, -0.2) is 42.3 Å². The third-order valence-corrected chi connectivity index (χ3v) is 5.79. The molecule has 0 N–H and O–H groups in total. The van der Waals surface area contributed by atoms with Crippen molar-refractivity contribution in [2.75, 3.05) is 27.4 Å². The van der Waals surface area contributed by atoms with E-state index in [2.05, 4.69) is 18.8 Å². The van der Waals surface area contributed by atoms with Crippen LogP contribution in [0, 0.1) is 5.92 Å². The summed E-state index contributed by atoms with van der Waals surface area (Å²) in [4.78, 5) is 13.5. The van der Waals surface area contributed by atoms with E-state index < -0.39 is 8.80 Å². The van der Waals surface area contributed by atoms with Crippen LogP contribution < -0.4 is 0 Å². The van der Waals surface area contributed by atoms with Gasteiger partial charge in [0.2, 0.25) is 6.08 Å². The summed E-state index contributed by atoms with van der Waals surface area (Å²) < 4.78 is 16.7. The van der Waals surface area contributed by atoms with Gasteiger partial charge in [0.05, 0.1) is 6.54 Å². The van der Waals surface area contributed by atoms with Crippen molar-refractivity contribution in [3.63, 3.8) is 0 Å². The van der Waals surface area contributed by atoms with Gasteiger partial charge in [-0.15, -0.1) is 0 Å². The predicted octanol–water partition coefficient (Wildman–Crippen LogP) is 2.79. The monoisotopic (exact) mass is 289 g/mol. The van der Waals surface area contributed by atoms with Gasteiger partial charge in [-0.2, -0.15) is 0 Å². The molecule has 0 aromatic carbocycles. The summed E-state index contributed by atoms with van der Waals surface area (Å²) in [5.41, 5.74) is 0. The first-order valence-electron chi connectivity index (χ1n) is 6.88. The van der Waals surface area contributed by atoms with Crippen molar-refractivity contribution in [1.82, 2.24) is 0 Å². The first-order chi connectivity index (χ1) is 9.10. The van der Waals surface area contributed by atoms with Gasteiger partial charge in [-0.1, -0.05) is 26.7 Å². The number of nitrogens with zero attached hydrogens (tertiary/aromatic N) is 1. The van der Waals surface area contributed by atoms with Gasteiger partial charge in [0.1, 0.15) is 0 Å². The molecule has 0 aromatic rings. The number of carbonyl (C=O) groups excluding carboxylic acids is 1. The Bertz CT molecular complexity index is 263. The topological polar surface area (TPSA) is 57.1 Å². The van der Waals surface area contributed by atoms with Crippen LogP contribution in [0.25, 0.3) is 0 Å². The number of isocyanates is 1. The SMILES string of the molecule is CO[Si](CCCN=C=O)(OC)OCCCCC(C)C. The van der Waals surface area contributed by atoms with Crippen LogP contribution in [0.3, 0.4) is 0 Å². The van der Waals surface area contributed by atoms with E-state index in [0.29, 0.717) is 19.2 Å². The first-order valence-corrected chi connectivity index (χ1v) is 8.81. The summed E-state index contributed by atoms with van der Waals surface area (Å²) in [5.74, 6) is 0.730. The van der Waals surface area contributed by atoms with Gasteiger partial charge >= 0.3 is 8.80 Å². The van der Waals surface area contributed by atoms with Crippen LogP contribution in [0.4, 0.5) is 0 Å². The molecule has 0 rings (SSSR count). The molecule has 112 valence electrons. The fourth-order valence-corrected chi connectivity index (χ4v) is 3.78. The fraction of sp³-hybridized carbons (Fsp3) is 0.923. The number of rotatable bonds is 12. The molecule has 0 spiro atoms. The lowest BCUT2D eigenvalue weighted by atomic mass is 10.1. The van der Waals surface area contributed by atoms with E-state index in [1.165, 1.54) is 12.5 Å². The molecule has 0 saturated carbocycles. The fourth-order valence-electron chi connectivity index (χ4n) is 1.78. The van der Waals surface area contributed by atoms with Crippen molar-refractivity contribution in [2.45, 2.75) is 45.6 Å². The van der Waals surface area contributed by atoms with E-state index >= 15 is 0 Å². The normalized spacial score (nSPS) is 11.6. The Labute approximate surface area is 117 Å².